The molecule has 2 saturated heterocycles. The van der Waals surface area contributed by atoms with Gasteiger partial charge in [-0.2, -0.15) is 0 Å². The summed E-state index contributed by atoms with van der Waals surface area (Å²) in [7, 11) is 0. The first-order valence-corrected chi connectivity index (χ1v) is 8.97. The number of likely N-dealkylation sites (tertiary alicyclic amines) is 2. The van der Waals surface area contributed by atoms with E-state index in [1.54, 1.807) is 0 Å². The molecule has 3 rings (SSSR count). The zero-order valence-electron chi connectivity index (χ0n) is 14.5. The third kappa shape index (κ3) is 5.24. The van der Waals surface area contributed by atoms with Crippen LogP contribution in [0.4, 0.5) is 13.2 Å². The summed E-state index contributed by atoms with van der Waals surface area (Å²) >= 11 is 0. The molecule has 2 aliphatic rings. The van der Waals surface area contributed by atoms with Crippen molar-refractivity contribution >= 4 is 5.78 Å². The average Bonchev–Trinajstić information content (AvgIpc) is 3.24. The number of carbonyl (C=O) groups is 1. The lowest BCUT2D eigenvalue weighted by Gasteiger charge is -2.27. The number of carbonyl (C=O) groups excluding carboxylic acids is 1. The van der Waals surface area contributed by atoms with Crippen molar-refractivity contribution < 1.29 is 22.7 Å². The fraction of sp³-hybridized carbons (Fsp3) is 0.526. The number of ketones is 1. The fourth-order valence-corrected chi connectivity index (χ4v) is 3.59. The SMILES string of the molecule is O=C(C=CN1CCC[C@H]1CN1CCCC1)c1ccc(OC(F)(F)F)cc1. The highest BCUT2D eigenvalue weighted by molar-refractivity contribution is 6.04. The molecule has 1 aromatic rings. The van der Waals surface area contributed by atoms with Crippen molar-refractivity contribution in [2.45, 2.75) is 38.1 Å². The van der Waals surface area contributed by atoms with Crippen molar-refractivity contribution in [3.8, 4) is 5.75 Å². The minimum absolute atomic E-state index is 0.226. The van der Waals surface area contributed by atoms with Gasteiger partial charge in [-0.3, -0.25) is 4.79 Å². The van der Waals surface area contributed by atoms with Crippen LogP contribution >= 0.6 is 0 Å². The molecule has 0 saturated carbocycles. The van der Waals surface area contributed by atoms with Crippen LogP contribution in [0.2, 0.25) is 0 Å². The van der Waals surface area contributed by atoms with Crippen molar-refractivity contribution in [1.29, 1.82) is 0 Å². The predicted molar refractivity (Wildman–Crippen MR) is 92.0 cm³/mol. The van der Waals surface area contributed by atoms with Crippen LogP contribution in [0.25, 0.3) is 0 Å². The normalized spacial score (nSPS) is 21.7. The molecular formula is C19H23F3N2O2. The van der Waals surface area contributed by atoms with E-state index in [0.717, 1.165) is 51.2 Å². The molecule has 4 nitrogen and oxygen atoms in total. The molecule has 2 fully saturated rings. The number of benzene rings is 1. The third-order valence-corrected chi connectivity index (χ3v) is 4.88. The highest BCUT2D eigenvalue weighted by atomic mass is 19.4. The second-order valence-corrected chi connectivity index (χ2v) is 6.79. The van der Waals surface area contributed by atoms with Crippen molar-refractivity contribution in [1.82, 2.24) is 9.80 Å². The molecule has 0 aromatic heterocycles. The summed E-state index contributed by atoms with van der Waals surface area (Å²) in [5, 5.41) is 0. The monoisotopic (exact) mass is 368 g/mol. The van der Waals surface area contributed by atoms with Gasteiger partial charge in [0, 0.05) is 37.0 Å². The second kappa shape index (κ2) is 8.12. The molecule has 0 amide bonds. The van der Waals surface area contributed by atoms with E-state index in [1.807, 2.05) is 6.20 Å². The highest BCUT2D eigenvalue weighted by Gasteiger charge is 2.31. The standard InChI is InChI=1S/C19H23F3N2O2/c20-19(21,22)26-17-7-5-15(6-8-17)18(25)9-13-24-12-3-4-16(24)14-23-10-1-2-11-23/h5-9,13,16H,1-4,10-12,14H2/t16-/m0/s1. The molecule has 1 atom stereocenters. The number of hydrogen-bond acceptors (Lipinski definition) is 4. The van der Waals surface area contributed by atoms with E-state index in [1.165, 1.54) is 31.1 Å². The van der Waals surface area contributed by atoms with E-state index in [2.05, 4.69) is 14.5 Å². The van der Waals surface area contributed by atoms with Crippen LogP contribution in [-0.2, 0) is 0 Å². The van der Waals surface area contributed by atoms with Gasteiger partial charge in [0.25, 0.3) is 0 Å². The Morgan fingerprint density at radius 3 is 2.46 bits per heavy atom. The van der Waals surface area contributed by atoms with E-state index in [9.17, 15) is 18.0 Å². The van der Waals surface area contributed by atoms with Gasteiger partial charge in [0.05, 0.1) is 0 Å². The molecule has 0 spiro atoms. The van der Waals surface area contributed by atoms with E-state index in [0.29, 0.717) is 11.6 Å². The maximum absolute atomic E-state index is 12.3. The molecular weight excluding hydrogens is 345 g/mol. The van der Waals surface area contributed by atoms with Crippen LogP contribution < -0.4 is 4.74 Å². The Morgan fingerprint density at radius 1 is 1.12 bits per heavy atom. The lowest BCUT2D eigenvalue weighted by molar-refractivity contribution is -0.274. The van der Waals surface area contributed by atoms with Crippen molar-refractivity contribution in [2.75, 3.05) is 26.2 Å². The first kappa shape index (κ1) is 18.8. The summed E-state index contributed by atoms with van der Waals surface area (Å²) in [6.45, 7) is 4.27. The van der Waals surface area contributed by atoms with E-state index in [4.69, 9.17) is 0 Å². The summed E-state index contributed by atoms with van der Waals surface area (Å²) in [6, 6.07) is 5.43. The smallest absolute Gasteiger partial charge is 0.406 e. The molecule has 0 unspecified atom stereocenters. The zero-order valence-corrected chi connectivity index (χ0v) is 14.5. The Kier molecular flexibility index (Phi) is 5.86. The van der Waals surface area contributed by atoms with Gasteiger partial charge in [-0.25, -0.2) is 0 Å². The van der Waals surface area contributed by atoms with Gasteiger partial charge in [0.15, 0.2) is 5.78 Å². The number of nitrogens with zero attached hydrogens (tertiary/aromatic N) is 2. The van der Waals surface area contributed by atoms with Crippen LogP contribution in [0.1, 0.15) is 36.0 Å². The third-order valence-electron chi connectivity index (χ3n) is 4.88. The van der Waals surface area contributed by atoms with Gasteiger partial charge in [-0.15, -0.1) is 13.2 Å². The molecule has 0 N–H and O–H groups in total. The first-order chi connectivity index (χ1) is 12.4. The minimum atomic E-state index is -4.73. The Morgan fingerprint density at radius 2 is 1.81 bits per heavy atom. The van der Waals surface area contributed by atoms with Crippen LogP contribution in [0.5, 0.6) is 5.75 Å². The maximum atomic E-state index is 12.3. The lowest BCUT2D eigenvalue weighted by atomic mass is 10.1. The van der Waals surface area contributed by atoms with Gasteiger partial charge in [-0.1, -0.05) is 0 Å². The van der Waals surface area contributed by atoms with Crippen LogP contribution in [-0.4, -0.2) is 54.2 Å². The number of alkyl halides is 3. The van der Waals surface area contributed by atoms with Gasteiger partial charge >= 0.3 is 6.36 Å². The van der Waals surface area contributed by atoms with Crippen molar-refractivity contribution in [3.05, 3.63) is 42.1 Å². The van der Waals surface area contributed by atoms with E-state index in [-0.39, 0.29) is 11.5 Å². The Hall–Kier alpha value is -2.02. The lowest BCUT2D eigenvalue weighted by Crippen LogP contribution is -2.36. The molecule has 0 radical (unpaired) electrons. The van der Waals surface area contributed by atoms with Crippen LogP contribution in [0.15, 0.2) is 36.5 Å². The summed E-state index contributed by atoms with van der Waals surface area (Å²) in [5.41, 5.74) is 0.339. The van der Waals surface area contributed by atoms with Crippen molar-refractivity contribution in [3.63, 3.8) is 0 Å². The summed E-state index contributed by atoms with van der Waals surface area (Å²) in [6.07, 6.45) is 3.35. The second-order valence-electron chi connectivity index (χ2n) is 6.79. The molecule has 2 heterocycles. The van der Waals surface area contributed by atoms with Crippen LogP contribution in [0, 0.1) is 0 Å². The van der Waals surface area contributed by atoms with Crippen LogP contribution in [0.3, 0.4) is 0 Å². The predicted octanol–water partition coefficient (Wildman–Crippen LogP) is 3.84. The molecule has 26 heavy (non-hydrogen) atoms. The first-order valence-electron chi connectivity index (χ1n) is 8.97. The van der Waals surface area contributed by atoms with E-state index < -0.39 is 6.36 Å². The fourth-order valence-electron chi connectivity index (χ4n) is 3.59. The Balaban J connectivity index is 1.56. The number of ether oxygens (including phenoxy) is 1. The number of halogens is 3. The molecule has 7 heteroatoms. The van der Waals surface area contributed by atoms with Gasteiger partial charge in [0.1, 0.15) is 5.75 Å². The summed E-state index contributed by atoms with van der Waals surface area (Å²) in [4.78, 5) is 16.9. The molecule has 0 bridgehead atoms. The maximum Gasteiger partial charge on any atom is 0.573 e. The highest BCUT2D eigenvalue weighted by Crippen LogP contribution is 2.23. The number of hydrogen-bond donors (Lipinski definition) is 0. The van der Waals surface area contributed by atoms with Crippen molar-refractivity contribution in [2.24, 2.45) is 0 Å². The van der Waals surface area contributed by atoms with Gasteiger partial charge in [0.2, 0.25) is 0 Å². The zero-order chi connectivity index (χ0) is 18.6. The minimum Gasteiger partial charge on any atom is -0.406 e. The molecule has 0 aliphatic carbocycles. The topological polar surface area (TPSA) is 32.8 Å². The quantitative estimate of drug-likeness (QED) is 0.564. The average molecular weight is 368 g/mol. The van der Waals surface area contributed by atoms with E-state index >= 15 is 0 Å². The Bertz CT molecular complexity index is 637. The number of allylic oxidation sites excluding steroid dienone is 1. The largest absolute Gasteiger partial charge is 0.573 e. The number of rotatable bonds is 6. The summed E-state index contributed by atoms with van der Waals surface area (Å²) < 4.78 is 40.3. The van der Waals surface area contributed by atoms with Gasteiger partial charge < -0.3 is 14.5 Å². The Labute approximate surface area is 151 Å². The molecule has 142 valence electrons. The summed E-state index contributed by atoms with van der Waals surface area (Å²) in [5.74, 6) is -0.557. The molecule has 1 aromatic carbocycles. The molecule has 2 aliphatic heterocycles. The van der Waals surface area contributed by atoms with Gasteiger partial charge in [-0.05, 0) is 63.0 Å².